The molecule has 3 amide bonds. The van der Waals surface area contributed by atoms with Crippen molar-refractivity contribution in [2.75, 3.05) is 129 Å². The number of carboxylic acid groups (broad SMARTS) is 5. The van der Waals surface area contributed by atoms with Crippen LogP contribution in [-0.4, -0.2) is 267 Å². The number of aryl methyl sites for hydroxylation is 2. The number of aromatic amines is 1. The summed E-state index contributed by atoms with van der Waals surface area (Å²) in [5, 5.41) is 57.8. The lowest BCUT2D eigenvalue weighted by atomic mass is 9.89. The van der Waals surface area contributed by atoms with E-state index in [2.05, 4.69) is 40.9 Å². The number of ether oxygens (including phenoxy) is 4. The second-order valence-electron chi connectivity index (χ2n) is 21.6. The molecule has 0 fully saturated rings. The van der Waals surface area contributed by atoms with Gasteiger partial charge in [-0.2, -0.15) is 13.1 Å². The predicted molar refractivity (Wildman–Crippen MR) is 330 cm³/mol. The van der Waals surface area contributed by atoms with Gasteiger partial charge < -0.3 is 70.7 Å². The van der Waals surface area contributed by atoms with E-state index in [1.54, 1.807) is 30.6 Å². The average Bonchev–Trinajstić information content (AvgIpc) is 1.17. The van der Waals surface area contributed by atoms with E-state index in [0.717, 1.165) is 15.4 Å². The van der Waals surface area contributed by atoms with Crippen LogP contribution in [0.1, 0.15) is 72.5 Å². The second kappa shape index (κ2) is 39.5. The van der Waals surface area contributed by atoms with Gasteiger partial charge in [-0.15, -0.1) is 0 Å². The van der Waals surface area contributed by atoms with Crippen LogP contribution in [0.2, 0.25) is 0 Å². The average molecular weight is 1350 g/mol. The van der Waals surface area contributed by atoms with Crippen molar-refractivity contribution in [3.8, 4) is 5.75 Å². The Bertz CT molecular complexity index is 3240. The molecule has 0 aliphatic carbocycles. The van der Waals surface area contributed by atoms with Crippen LogP contribution in [0.5, 0.6) is 5.75 Å². The van der Waals surface area contributed by atoms with Gasteiger partial charge in [-0.05, 0) is 93.8 Å². The van der Waals surface area contributed by atoms with Crippen molar-refractivity contribution in [1.29, 1.82) is 0 Å². The molecule has 0 spiro atoms. The third-order valence-corrected chi connectivity index (χ3v) is 16.4. The van der Waals surface area contributed by atoms with Crippen molar-refractivity contribution < 1.29 is 109 Å². The van der Waals surface area contributed by atoms with Crippen LogP contribution >= 0.6 is 0 Å². The standard InChI is InChI=1S/C57H83N11O23S2/c1-37-26-42(27-38(2)54(37)93(86,87)65-45(56(81)82)30-61-55(80)52-39(3)53(79)43-11-10-40(28-44(43)64-52)29-62-57-59-13-14-60-57)91-21-6-9-46(69)58-12-7-20-89-23-25-90-24-22-88-19-5-4-8-41(36-92(83,84)85)63-47(70)31-67(33-49(73)74)17-15-66(32-48(71)72)16-18-68(34-50(75)76)35-51(77)78/h10-11,13-14,26-28,39,41,45,65H,4-9,12,15-25,29-36H2,1-3H3,(H,58,69)(H,61,80)(H,63,70)(H,71,72)(H,73,74)(H,75,76)(H,77,78)(H,81,82)(H2,59,60,62)(H,83,84,85). The third kappa shape index (κ3) is 30.0. The molecule has 0 radical (unpaired) electrons. The van der Waals surface area contributed by atoms with Gasteiger partial charge in [0.2, 0.25) is 21.8 Å². The van der Waals surface area contributed by atoms with Gasteiger partial charge in [0.25, 0.3) is 16.0 Å². The number of amides is 3. The smallest absolute Gasteiger partial charge is 0.323 e. The minimum absolute atomic E-state index is 0.0962. The van der Waals surface area contributed by atoms with Crippen molar-refractivity contribution in [2.24, 2.45) is 10.9 Å². The minimum atomic E-state index is -4.56. The van der Waals surface area contributed by atoms with E-state index >= 15 is 0 Å². The topological polar surface area (TPSA) is 491 Å². The third-order valence-electron chi connectivity index (χ3n) is 13.8. The Balaban J connectivity index is 1.06. The highest BCUT2D eigenvalue weighted by molar-refractivity contribution is 7.89. The van der Waals surface area contributed by atoms with Crippen LogP contribution in [-0.2, 0) is 79.3 Å². The van der Waals surface area contributed by atoms with Crippen molar-refractivity contribution >= 4 is 90.8 Å². The summed E-state index contributed by atoms with van der Waals surface area (Å²) in [7, 11) is -9.04. The number of imidazole rings is 1. The van der Waals surface area contributed by atoms with Gasteiger partial charge in [0.15, 0.2) is 11.7 Å². The Hall–Kier alpha value is -8.07. The van der Waals surface area contributed by atoms with Gasteiger partial charge in [-0.25, -0.2) is 18.4 Å². The Kier molecular flexibility index (Phi) is 32.8. The fraction of sp³-hybridized carbons (Fsp3) is 0.561. The number of sulfonamides is 1. The van der Waals surface area contributed by atoms with E-state index < -0.39 is 125 Å². The summed E-state index contributed by atoms with van der Waals surface area (Å²) < 4.78 is 85.0. The van der Waals surface area contributed by atoms with Crippen LogP contribution in [0.15, 0.2) is 52.6 Å². The number of anilines is 1. The number of Topliss-reactive ketones (excluding diaryl/α,β-unsaturated/α-hetero) is 1. The summed E-state index contributed by atoms with van der Waals surface area (Å²) >= 11 is 0. The molecule has 0 bridgehead atoms. The number of ketones is 1. The number of nitrogens with one attached hydrogen (secondary N) is 6. The first-order valence-corrected chi connectivity index (χ1v) is 32.6. The molecule has 2 aromatic carbocycles. The van der Waals surface area contributed by atoms with Gasteiger partial charge in [0, 0.05) is 89.4 Å². The van der Waals surface area contributed by atoms with Gasteiger partial charge >= 0.3 is 29.8 Å². The van der Waals surface area contributed by atoms with Crippen molar-refractivity contribution in [3.63, 3.8) is 0 Å². The minimum Gasteiger partial charge on any atom is -0.494 e. The molecule has 36 heteroatoms. The maximum Gasteiger partial charge on any atom is 0.323 e. The predicted octanol–water partition coefficient (Wildman–Crippen LogP) is -0.406. The Morgan fingerprint density at radius 1 is 0.688 bits per heavy atom. The van der Waals surface area contributed by atoms with E-state index in [4.69, 9.17) is 29.2 Å². The number of hydrogen-bond donors (Lipinski definition) is 12. The Labute approximate surface area is 536 Å². The number of aromatic nitrogens is 2. The van der Waals surface area contributed by atoms with Crippen LogP contribution in [0.25, 0.3) is 0 Å². The van der Waals surface area contributed by atoms with Gasteiger partial charge in [-0.1, -0.05) is 6.07 Å². The lowest BCUT2D eigenvalue weighted by molar-refractivity contribution is -0.143. The first kappa shape index (κ1) is 77.4. The summed E-state index contributed by atoms with van der Waals surface area (Å²) in [5.74, 6) is -9.95. The second-order valence-corrected chi connectivity index (χ2v) is 24.8. The number of aliphatic carboxylic acids is 5. The molecule has 3 unspecified atom stereocenters. The zero-order chi connectivity index (χ0) is 68.7. The van der Waals surface area contributed by atoms with Gasteiger partial charge in [0.1, 0.15) is 17.5 Å². The lowest BCUT2D eigenvalue weighted by Gasteiger charge is -2.28. The summed E-state index contributed by atoms with van der Waals surface area (Å²) in [4.78, 5) is 125. The monoisotopic (exact) mass is 1350 g/mol. The SMILES string of the molecule is Cc1cc(OCCCC(=O)NCCCOCCOCCOCCCCC(CS(=O)(=O)O)NC(=O)CN(CCN(CCN(CC(=O)O)CC(=O)O)CC(=O)O)CC(=O)O)cc(C)c1S(=O)(=O)NC(CNC(=O)C1=Nc2cc(CNc3ncc[nH]3)ccc2C(=O)C1C)C(=O)O. The number of hydrogen-bond acceptors (Lipinski definition) is 23. The van der Waals surface area contributed by atoms with Crippen LogP contribution in [0, 0.1) is 19.8 Å². The molecular weight excluding hydrogens is 1270 g/mol. The number of rotatable bonds is 49. The van der Waals surface area contributed by atoms with Gasteiger partial charge in [-0.3, -0.25) is 62.4 Å². The van der Waals surface area contributed by atoms with Crippen LogP contribution in [0.3, 0.4) is 0 Å². The molecule has 3 aromatic rings. The molecule has 12 N–H and O–H groups in total. The van der Waals surface area contributed by atoms with Gasteiger partial charge in [0.05, 0.1) is 88.0 Å². The summed E-state index contributed by atoms with van der Waals surface area (Å²) in [6.07, 6.45) is 5.09. The Morgan fingerprint density at radius 3 is 1.83 bits per heavy atom. The maximum atomic E-state index is 13.7. The molecule has 1 aliphatic heterocycles. The lowest BCUT2D eigenvalue weighted by Crippen LogP contribution is -2.50. The zero-order valence-corrected chi connectivity index (χ0v) is 53.5. The van der Waals surface area contributed by atoms with Crippen molar-refractivity contribution in [2.45, 2.75) is 82.8 Å². The quantitative estimate of drug-likeness (QED) is 0.0253. The molecule has 0 saturated carbocycles. The molecule has 0 saturated heterocycles. The summed E-state index contributed by atoms with van der Waals surface area (Å²) in [5.41, 5.74) is 1.62. The number of fused-ring (bicyclic) bond motifs is 1. The number of carbonyl (C=O) groups is 9. The highest BCUT2D eigenvalue weighted by atomic mass is 32.2. The number of benzene rings is 2. The molecular formula is C57H83N11O23S2. The molecule has 516 valence electrons. The molecule has 3 atom stereocenters. The number of carboxylic acids is 5. The van der Waals surface area contributed by atoms with E-state index in [0.29, 0.717) is 62.6 Å². The number of aliphatic imine (C=N–C) groups is 1. The molecule has 34 nitrogen and oxygen atoms in total. The van der Waals surface area contributed by atoms with Crippen molar-refractivity contribution in [3.05, 3.63) is 65.0 Å². The molecule has 1 aliphatic rings. The van der Waals surface area contributed by atoms with E-state index in [1.807, 2.05) is 0 Å². The van der Waals surface area contributed by atoms with Crippen LogP contribution in [0.4, 0.5) is 11.6 Å². The Morgan fingerprint density at radius 2 is 1.26 bits per heavy atom. The normalized spacial score (nSPS) is 13.9. The first-order valence-electron chi connectivity index (χ1n) is 29.5. The van der Waals surface area contributed by atoms with Crippen LogP contribution < -0.4 is 30.7 Å². The molecule has 93 heavy (non-hydrogen) atoms. The number of nitrogens with zero attached hydrogens (tertiary/aromatic N) is 5. The van der Waals surface area contributed by atoms with E-state index in [-0.39, 0.29) is 118 Å². The highest BCUT2D eigenvalue weighted by Crippen LogP contribution is 2.31. The fourth-order valence-corrected chi connectivity index (χ4v) is 11.9. The highest BCUT2D eigenvalue weighted by Gasteiger charge is 2.34. The molecule has 4 rings (SSSR count). The van der Waals surface area contributed by atoms with E-state index in [1.165, 1.54) is 37.8 Å². The van der Waals surface area contributed by atoms with Crippen molar-refractivity contribution in [1.82, 2.24) is 45.3 Å². The number of unbranched alkanes of at least 4 members (excludes halogenated alkanes) is 1. The largest absolute Gasteiger partial charge is 0.494 e. The maximum absolute atomic E-state index is 13.7. The zero-order valence-electron chi connectivity index (χ0n) is 51.8. The molecule has 1 aromatic heterocycles. The fourth-order valence-electron chi connectivity index (χ4n) is 9.50. The summed E-state index contributed by atoms with van der Waals surface area (Å²) in [6.45, 7) is 2.59. The number of H-pyrrole nitrogens is 1. The number of carbonyl (C=O) groups excluding carboxylic acids is 4. The first-order chi connectivity index (χ1) is 44.0. The molecule has 2 heterocycles. The van der Waals surface area contributed by atoms with E-state index in [9.17, 15) is 79.9 Å². The summed E-state index contributed by atoms with van der Waals surface area (Å²) in [6, 6.07) is 5.07.